The van der Waals surface area contributed by atoms with Gasteiger partial charge in [-0.2, -0.15) is 0 Å². The van der Waals surface area contributed by atoms with Gasteiger partial charge in [0, 0.05) is 5.56 Å². The lowest BCUT2D eigenvalue weighted by atomic mass is 10.1. The van der Waals surface area contributed by atoms with Crippen LogP contribution in [-0.4, -0.2) is 11.7 Å². The lowest BCUT2D eigenvalue weighted by molar-refractivity contribution is 0.190. The van der Waals surface area contributed by atoms with Crippen molar-refractivity contribution in [3.05, 3.63) is 29.8 Å². The summed E-state index contributed by atoms with van der Waals surface area (Å²) in [5, 5.41) is 9.60. The van der Waals surface area contributed by atoms with Crippen LogP contribution in [0.15, 0.2) is 24.3 Å². The molecule has 0 spiro atoms. The normalized spacial score (nSPS) is 12.4. The highest BCUT2D eigenvalue weighted by molar-refractivity contribution is 5.34. The first kappa shape index (κ1) is 14.0. The molecule has 96 valence electrons. The van der Waals surface area contributed by atoms with Gasteiger partial charge in [-0.25, -0.2) is 0 Å². The summed E-state index contributed by atoms with van der Waals surface area (Å²) >= 11 is 0. The van der Waals surface area contributed by atoms with E-state index in [4.69, 9.17) is 4.74 Å². The topological polar surface area (TPSA) is 29.5 Å². The predicted octanol–water partition coefficient (Wildman–Crippen LogP) is 4.09. The van der Waals surface area contributed by atoms with Gasteiger partial charge in [0.25, 0.3) is 0 Å². The van der Waals surface area contributed by atoms with E-state index in [-0.39, 0.29) is 0 Å². The van der Waals surface area contributed by atoms with E-state index < -0.39 is 6.10 Å². The minimum atomic E-state index is -0.466. The number of aliphatic hydroxyl groups is 1. The van der Waals surface area contributed by atoms with Gasteiger partial charge in [-0.3, -0.25) is 0 Å². The first-order valence-electron chi connectivity index (χ1n) is 6.65. The molecule has 0 unspecified atom stereocenters. The fourth-order valence-corrected chi connectivity index (χ4v) is 1.84. The molecule has 0 saturated carbocycles. The maximum Gasteiger partial charge on any atom is 0.125 e. The molecule has 2 heteroatoms. The highest BCUT2D eigenvalue weighted by Gasteiger charge is 2.07. The van der Waals surface area contributed by atoms with Crippen LogP contribution in [0.1, 0.15) is 57.6 Å². The highest BCUT2D eigenvalue weighted by Crippen LogP contribution is 2.24. The standard InChI is InChI=1S/C15H24O2/c1-3-4-5-6-9-12-17-15-11-8-7-10-14(15)13(2)16/h7-8,10-11,13,16H,3-6,9,12H2,1-2H3/t13-/m1/s1. The van der Waals surface area contributed by atoms with E-state index in [9.17, 15) is 5.11 Å². The van der Waals surface area contributed by atoms with E-state index >= 15 is 0 Å². The first-order valence-corrected chi connectivity index (χ1v) is 6.65. The average Bonchev–Trinajstić information content (AvgIpc) is 2.34. The monoisotopic (exact) mass is 236 g/mol. The number of para-hydroxylation sites is 1. The molecule has 0 aliphatic carbocycles. The quantitative estimate of drug-likeness (QED) is 0.689. The summed E-state index contributed by atoms with van der Waals surface area (Å²) in [5.74, 6) is 0.818. The van der Waals surface area contributed by atoms with Crippen molar-refractivity contribution in [2.45, 2.75) is 52.1 Å². The van der Waals surface area contributed by atoms with Crippen LogP contribution in [0.4, 0.5) is 0 Å². The van der Waals surface area contributed by atoms with E-state index in [1.165, 1.54) is 25.7 Å². The van der Waals surface area contributed by atoms with Crippen molar-refractivity contribution >= 4 is 0 Å². The van der Waals surface area contributed by atoms with E-state index in [2.05, 4.69) is 6.92 Å². The maximum atomic E-state index is 9.60. The molecule has 1 atom stereocenters. The Morgan fingerprint density at radius 2 is 1.82 bits per heavy atom. The van der Waals surface area contributed by atoms with E-state index in [0.717, 1.165) is 24.3 Å². The molecule has 0 bridgehead atoms. The van der Waals surface area contributed by atoms with Gasteiger partial charge in [0.15, 0.2) is 0 Å². The van der Waals surface area contributed by atoms with Crippen LogP contribution in [0.3, 0.4) is 0 Å². The fourth-order valence-electron chi connectivity index (χ4n) is 1.84. The van der Waals surface area contributed by atoms with Crippen LogP contribution in [0.25, 0.3) is 0 Å². The lowest BCUT2D eigenvalue weighted by Gasteiger charge is -2.13. The van der Waals surface area contributed by atoms with Crippen molar-refractivity contribution in [2.75, 3.05) is 6.61 Å². The number of unbranched alkanes of at least 4 members (excludes halogenated alkanes) is 4. The smallest absolute Gasteiger partial charge is 0.125 e. The molecular formula is C15H24O2. The highest BCUT2D eigenvalue weighted by atomic mass is 16.5. The van der Waals surface area contributed by atoms with Crippen molar-refractivity contribution in [3.63, 3.8) is 0 Å². The second kappa shape index (κ2) is 8.13. The van der Waals surface area contributed by atoms with Gasteiger partial charge in [-0.05, 0) is 19.4 Å². The number of hydrogen-bond acceptors (Lipinski definition) is 2. The number of benzene rings is 1. The molecule has 0 heterocycles. The van der Waals surface area contributed by atoms with Crippen molar-refractivity contribution in [3.8, 4) is 5.75 Å². The van der Waals surface area contributed by atoms with Gasteiger partial charge in [-0.1, -0.05) is 50.8 Å². The zero-order valence-electron chi connectivity index (χ0n) is 11.0. The van der Waals surface area contributed by atoms with Crippen molar-refractivity contribution in [1.29, 1.82) is 0 Å². The molecule has 1 aromatic rings. The summed E-state index contributed by atoms with van der Waals surface area (Å²) < 4.78 is 5.72. The SMILES string of the molecule is CCCCCCCOc1ccccc1[C@@H](C)O. The zero-order chi connectivity index (χ0) is 12.5. The Bertz CT molecular complexity index is 308. The first-order chi connectivity index (χ1) is 8.25. The minimum Gasteiger partial charge on any atom is -0.493 e. The zero-order valence-corrected chi connectivity index (χ0v) is 11.0. The Hall–Kier alpha value is -1.02. The van der Waals surface area contributed by atoms with Gasteiger partial charge < -0.3 is 9.84 Å². The Labute approximate surface area is 105 Å². The van der Waals surface area contributed by atoms with Crippen LogP contribution >= 0.6 is 0 Å². The lowest BCUT2D eigenvalue weighted by Crippen LogP contribution is -2.02. The van der Waals surface area contributed by atoms with Crippen molar-refractivity contribution in [1.82, 2.24) is 0 Å². The molecule has 0 aliphatic rings. The minimum absolute atomic E-state index is 0.466. The number of rotatable bonds is 8. The largest absolute Gasteiger partial charge is 0.493 e. The van der Waals surface area contributed by atoms with E-state index in [1.807, 2.05) is 24.3 Å². The molecule has 0 aromatic heterocycles. The Balaban J connectivity index is 2.31. The average molecular weight is 236 g/mol. The molecule has 0 amide bonds. The van der Waals surface area contributed by atoms with E-state index in [1.54, 1.807) is 6.92 Å². The van der Waals surface area contributed by atoms with Crippen LogP contribution < -0.4 is 4.74 Å². The molecule has 1 N–H and O–H groups in total. The number of aliphatic hydroxyl groups excluding tert-OH is 1. The molecular weight excluding hydrogens is 212 g/mol. The summed E-state index contributed by atoms with van der Waals surface area (Å²) in [6.45, 7) is 4.73. The van der Waals surface area contributed by atoms with Crippen molar-refractivity contribution in [2.24, 2.45) is 0 Å². The summed E-state index contributed by atoms with van der Waals surface area (Å²) in [5.41, 5.74) is 0.876. The molecule has 0 saturated heterocycles. The van der Waals surface area contributed by atoms with Crippen molar-refractivity contribution < 1.29 is 9.84 Å². The predicted molar refractivity (Wildman–Crippen MR) is 71.3 cm³/mol. The Kier molecular flexibility index (Phi) is 6.71. The van der Waals surface area contributed by atoms with Gasteiger partial charge in [0.05, 0.1) is 12.7 Å². The summed E-state index contributed by atoms with van der Waals surface area (Å²) in [6, 6.07) is 7.71. The third-order valence-electron chi connectivity index (χ3n) is 2.87. The third kappa shape index (κ3) is 5.22. The fraction of sp³-hybridized carbons (Fsp3) is 0.600. The maximum absolute atomic E-state index is 9.60. The number of ether oxygens (including phenoxy) is 1. The van der Waals surface area contributed by atoms with Crippen LogP contribution in [0.5, 0.6) is 5.75 Å². The van der Waals surface area contributed by atoms with Gasteiger partial charge >= 0.3 is 0 Å². The van der Waals surface area contributed by atoms with Crippen LogP contribution in [0, 0.1) is 0 Å². The molecule has 2 nitrogen and oxygen atoms in total. The Morgan fingerprint density at radius 3 is 2.53 bits per heavy atom. The second-order valence-corrected chi connectivity index (χ2v) is 4.48. The summed E-state index contributed by atoms with van der Waals surface area (Å²) in [6.07, 6.45) is 5.72. The summed E-state index contributed by atoms with van der Waals surface area (Å²) in [7, 11) is 0. The molecule has 0 fully saturated rings. The third-order valence-corrected chi connectivity index (χ3v) is 2.87. The van der Waals surface area contributed by atoms with E-state index in [0.29, 0.717) is 0 Å². The number of hydrogen-bond donors (Lipinski definition) is 1. The van der Waals surface area contributed by atoms with Gasteiger partial charge in [0.2, 0.25) is 0 Å². The van der Waals surface area contributed by atoms with Crippen LogP contribution in [-0.2, 0) is 0 Å². The molecule has 1 rings (SSSR count). The molecule has 0 radical (unpaired) electrons. The van der Waals surface area contributed by atoms with Gasteiger partial charge in [-0.15, -0.1) is 0 Å². The molecule has 0 aliphatic heterocycles. The Morgan fingerprint density at radius 1 is 1.12 bits per heavy atom. The second-order valence-electron chi connectivity index (χ2n) is 4.48. The molecule has 1 aromatic carbocycles. The van der Waals surface area contributed by atoms with Gasteiger partial charge in [0.1, 0.15) is 5.75 Å². The molecule has 17 heavy (non-hydrogen) atoms. The van der Waals surface area contributed by atoms with Crippen LogP contribution in [0.2, 0.25) is 0 Å². The summed E-state index contributed by atoms with van der Waals surface area (Å²) in [4.78, 5) is 0.